The number of anilines is 2. The molecule has 1 heterocycles. The molecule has 0 bridgehead atoms. The topological polar surface area (TPSA) is 86.2 Å². The molecule has 3 N–H and O–H groups in total. The minimum atomic E-state index is 0.406. The molecule has 0 amide bonds. The van der Waals surface area contributed by atoms with Crippen molar-refractivity contribution in [3.05, 3.63) is 30.2 Å². The van der Waals surface area contributed by atoms with Crippen molar-refractivity contribution in [2.24, 2.45) is 5.73 Å². The SMILES string of the molecule is COc1ccc(Nc2nnc(CCCCCN)o2)cc1. The van der Waals surface area contributed by atoms with Gasteiger partial charge in [-0.15, -0.1) is 5.10 Å². The highest BCUT2D eigenvalue weighted by atomic mass is 16.5. The molecular weight excluding hydrogens is 256 g/mol. The molecule has 0 saturated heterocycles. The van der Waals surface area contributed by atoms with Crippen LogP contribution in [0.25, 0.3) is 0 Å². The first kappa shape index (κ1) is 14.3. The Labute approximate surface area is 118 Å². The zero-order valence-corrected chi connectivity index (χ0v) is 11.6. The highest BCUT2D eigenvalue weighted by Crippen LogP contribution is 2.19. The molecular formula is C14H20N4O2. The van der Waals surface area contributed by atoms with Crippen molar-refractivity contribution in [1.29, 1.82) is 0 Å². The second kappa shape index (κ2) is 7.49. The van der Waals surface area contributed by atoms with Gasteiger partial charge in [0.15, 0.2) is 0 Å². The van der Waals surface area contributed by atoms with Crippen LogP contribution in [0.1, 0.15) is 25.2 Å². The van der Waals surface area contributed by atoms with Gasteiger partial charge in [0.05, 0.1) is 7.11 Å². The summed E-state index contributed by atoms with van der Waals surface area (Å²) in [6, 6.07) is 7.93. The summed E-state index contributed by atoms with van der Waals surface area (Å²) in [6.45, 7) is 0.730. The predicted molar refractivity (Wildman–Crippen MR) is 77.2 cm³/mol. The van der Waals surface area contributed by atoms with Gasteiger partial charge >= 0.3 is 6.01 Å². The van der Waals surface area contributed by atoms with Gasteiger partial charge in [-0.3, -0.25) is 0 Å². The number of nitrogens with one attached hydrogen (secondary N) is 1. The van der Waals surface area contributed by atoms with Crippen molar-refractivity contribution in [3.63, 3.8) is 0 Å². The highest BCUT2D eigenvalue weighted by molar-refractivity contribution is 5.53. The molecule has 0 spiro atoms. The van der Waals surface area contributed by atoms with E-state index >= 15 is 0 Å². The Morgan fingerprint density at radius 3 is 2.65 bits per heavy atom. The number of hydrogen-bond acceptors (Lipinski definition) is 6. The number of nitrogens with zero attached hydrogens (tertiary/aromatic N) is 2. The second-order valence-electron chi connectivity index (χ2n) is 4.45. The molecule has 6 nitrogen and oxygen atoms in total. The van der Waals surface area contributed by atoms with Gasteiger partial charge in [0, 0.05) is 12.1 Å². The van der Waals surface area contributed by atoms with E-state index in [9.17, 15) is 0 Å². The van der Waals surface area contributed by atoms with Crippen molar-refractivity contribution < 1.29 is 9.15 Å². The minimum absolute atomic E-state index is 0.406. The lowest BCUT2D eigenvalue weighted by molar-refractivity contribution is 0.415. The number of methoxy groups -OCH3 is 1. The van der Waals surface area contributed by atoms with Crippen LogP contribution in [0.3, 0.4) is 0 Å². The fourth-order valence-corrected chi connectivity index (χ4v) is 1.80. The van der Waals surface area contributed by atoms with Gasteiger partial charge in [0.25, 0.3) is 0 Å². The van der Waals surface area contributed by atoms with E-state index in [-0.39, 0.29) is 0 Å². The van der Waals surface area contributed by atoms with Crippen LogP contribution < -0.4 is 15.8 Å². The van der Waals surface area contributed by atoms with Crippen molar-refractivity contribution >= 4 is 11.7 Å². The smallest absolute Gasteiger partial charge is 0.320 e. The van der Waals surface area contributed by atoms with Crippen LogP contribution in [0.15, 0.2) is 28.7 Å². The van der Waals surface area contributed by atoms with E-state index in [2.05, 4.69) is 15.5 Å². The molecule has 0 atom stereocenters. The summed E-state index contributed by atoms with van der Waals surface area (Å²) in [5.74, 6) is 1.46. The van der Waals surface area contributed by atoms with E-state index in [0.29, 0.717) is 11.9 Å². The van der Waals surface area contributed by atoms with Crippen molar-refractivity contribution in [2.75, 3.05) is 19.0 Å². The average Bonchev–Trinajstić information content (AvgIpc) is 2.92. The first-order valence-electron chi connectivity index (χ1n) is 6.75. The van der Waals surface area contributed by atoms with Gasteiger partial charge in [-0.05, 0) is 43.7 Å². The van der Waals surface area contributed by atoms with E-state index in [1.165, 1.54) is 0 Å². The van der Waals surface area contributed by atoms with Crippen LogP contribution in [0, 0.1) is 0 Å². The molecule has 2 aromatic rings. The molecule has 6 heteroatoms. The Bertz CT molecular complexity index is 510. The van der Waals surface area contributed by atoms with Crippen molar-refractivity contribution in [3.8, 4) is 5.75 Å². The molecule has 0 radical (unpaired) electrons. The average molecular weight is 276 g/mol. The normalized spacial score (nSPS) is 10.5. The van der Waals surface area contributed by atoms with Crippen LogP contribution in [-0.4, -0.2) is 23.9 Å². The van der Waals surface area contributed by atoms with Gasteiger partial charge in [-0.1, -0.05) is 11.5 Å². The Morgan fingerprint density at radius 2 is 1.95 bits per heavy atom. The monoisotopic (exact) mass is 276 g/mol. The number of benzene rings is 1. The van der Waals surface area contributed by atoms with Crippen LogP contribution in [0.5, 0.6) is 5.75 Å². The molecule has 0 aliphatic rings. The molecule has 0 fully saturated rings. The summed E-state index contributed by atoms with van der Waals surface area (Å²) in [7, 11) is 1.64. The minimum Gasteiger partial charge on any atom is -0.497 e. The number of aromatic nitrogens is 2. The van der Waals surface area contributed by atoms with Crippen molar-refractivity contribution in [2.45, 2.75) is 25.7 Å². The molecule has 108 valence electrons. The third-order valence-electron chi connectivity index (χ3n) is 2.90. The Morgan fingerprint density at radius 1 is 1.15 bits per heavy atom. The Kier molecular flexibility index (Phi) is 5.37. The van der Waals surface area contributed by atoms with Gasteiger partial charge in [0.2, 0.25) is 5.89 Å². The van der Waals surface area contributed by atoms with Gasteiger partial charge < -0.3 is 20.2 Å². The number of hydrogen-bond donors (Lipinski definition) is 2. The molecule has 0 unspecified atom stereocenters. The third-order valence-corrected chi connectivity index (χ3v) is 2.90. The summed E-state index contributed by atoms with van der Waals surface area (Å²) in [5.41, 5.74) is 6.33. The van der Waals surface area contributed by atoms with Crippen LogP contribution in [0.4, 0.5) is 11.7 Å². The lowest BCUT2D eigenvalue weighted by atomic mass is 10.2. The number of unbranched alkanes of at least 4 members (excludes halogenated alkanes) is 2. The molecule has 0 aliphatic heterocycles. The molecule has 2 rings (SSSR count). The third kappa shape index (κ3) is 4.24. The number of rotatable bonds is 8. The summed E-state index contributed by atoms with van der Waals surface area (Å²) in [6.07, 6.45) is 3.92. The van der Waals surface area contributed by atoms with E-state index in [1.807, 2.05) is 24.3 Å². The fourth-order valence-electron chi connectivity index (χ4n) is 1.80. The Balaban J connectivity index is 1.85. The maximum atomic E-state index is 5.53. The van der Waals surface area contributed by atoms with Crippen LogP contribution >= 0.6 is 0 Å². The lowest BCUT2D eigenvalue weighted by Gasteiger charge is -2.02. The van der Waals surface area contributed by atoms with E-state index in [1.54, 1.807) is 7.11 Å². The number of nitrogens with two attached hydrogens (primary N) is 1. The fraction of sp³-hybridized carbons (Fsp3) is 0.429. The largest absolute Gasteiger partial charge is 0.497 e. The molecule has 1 aromatic heterocycles. The first-order valence-corrected chi connectivity index (χ1v) is 6.75. The van der Waals surface area contributed by atoms with Crippen LogP contribution in [-0.2, 0) is 6.42 Å². The zero-order valence-electron chi connectivity index (χ0n) is 11.6. The molecule has 20 heavy (non-hydrogen) atoms. The van der Waals surface area contributed by atoms with Gasteiger partial charge in [-0.2, -0.15) is 0 Å². The molecule has 0 aliphatic carbocycles. The molecule has 0 saturated carbocycles. The van der Waals surface area contributed by atoms with Crippen molar-refractivity contribution in [1.82, 2.24) is 10.2 Å². The Hall–Kier alpha value is -2.08. The van der Waals surface area contributed by atoms with Crippen LogP contribution in [0.2, 0.25) is 0 Å². The standard InChI is InChI=1S/C14H20N4O2/c1-19-12-8-6-11(7-9-12)16-14-18-17-13(20-14)5-3-2-4-10-15/h6-9H,2-5,10,15H2,1H3,(H,16,18). The zero-order chi connectivity index (χ0) is 14.2. The lowest BCUT2D eigenvalue weighted by Crippen LogP contribution is -1.98. The predicted octanol–water partition coefficient (Wildman–Crippen LogP) is 2.49. The maximum absolute atomic E-state index is 5.53. The summed E-state index contributed by atoms with van der Waals surface area (Å²) in [5, 5.41) is 11.0. The maximum Gasteiger partial charge on any atom is 0.320 e. The number of aryl methyl sites for hydroxylation is 1. The first-order chi connectivity index (χ1) is 9.81. The summed E-state index contributed by atoms with van der Waals surface area (Å²) in [4.78, 5) is 0. The molecule has 1 aromatic carbocycles. The van der Waals surface area contributed by atoms with Gasteiger partial charge in [0.1, 0.15) is 5.75 Å². The van der Waals surface area contributed by atoms with Gasteiger partial charge in [-0.25, -0.2) is 0 Å². The highest BCUT2D eigenvalue weighted by Gasteiger charge is 2.06. The summed E-state index contributed by atoms with van der Waals surface area (Å²) < 4.78 is 10.6. The summed E-state index contributed by atoms with van der Waals surface area (Å²) >= 11 is 0. The second-order valence-corrected chi connectivity index (χ2v) is 4.45. The van der Waals surface area contributed by atoms with E-state index in [0.717, 1.165) is 43.7 Å². The number of ether oxygens (including phenoxy) is 1. The van der Waals surface area contributed by atoms with E-state index in [4.69, 9.17) is 14.9 Å². The van der Waals surface area contributed by atoms with E-state index < -0.39 is 0 Å². The quantitative estimate of drug-likeness (QED) is 0.720.